The van der Waals surface area contributed by atoms with Crippen molar-refractivity contribution in [2.24, 2.45) is 0 Å². The zero-order valence-electron chi connectivity index (χ0n) is 10.5. The number of halogens is 3. The van der Waals surface area contributed by atoms with E-state index >= 15 is 0 Å². The molecule has 0 aliphatic rings. The molecule has 0 radical (unpaired) electrons. The minimum Gasteiger partial charge on any atom is -0.247 e. The molecule has 102 valence electrons. The van der Waals surface area contributed by atoms with Crippen LogP contribution in [0.15, 0.2) is 29.6 Å². The van der Waals surface area contributed by atoms with Gasteiger partial charge in [0.1, 0.15) is 5.82 Å². The fourth-order valence-corrected chi connectivity index (χ4v) is 4.85. The molecule has 0 saturated heterocycles. The summed E-state index contributed by atoms with van der Waals surface area (Å²) in [5.74, 6) is -0.202. The first-order valence-electron chi connectivity index (χ1n) is 5.88. The number of aromatic nitrogens is 1. The van der Waals surface area contributed by atoms with Crippen molar-refractivity contribution in [2.75, 3.05) is 10.7 Å². The SMILES string of the molecule is Cc1csc(CC(CBr)(CBr)c2ccc(F)cc2)n1. The van der Waals surface area contributed by atoms with Crippen LogP contribution in [0.2, 0.25) is 0 Å². The number of alkyl halides is 2. The monoisotopic (exact) mass is 405 g/mol. The first-order valence-corrected chi connectivity index (χ1v) is 9.01. The van der Waals surface area contributed by atoms with Crippen molar-refractivity contribution in [3.8, 4) is 0 Å². The largest absolute Gasteiger partial charge is 0.247 e. The maximum Gasteiger partial charge on any atom is 0.123 e. The molecule has 1 aromatic carbocycles. The zero-order valence-corrected chi connectivity index (χ0v) is 14.5. The first kappa shape index (κ1) is 15.1. The molecule has 2 rings (SSSR count). The van der Waals surface area contributed by atoms with E-state index < -0.39 is 0 Å². The molecule has 2 aromatic rings. The van der Waals surface area contributed by atoms with Gasteiger partial charge in [0.05, 0.1) is 5.01 Å². The molecule has 0 saturated carbocycles. The van der Waals surface area contributed by atoms with Crippen molar-refractivity contribution in [2.45, 2.75) is 18.8 Å². The highest BCUT2D eigenvalue weighted by atomic mass is 79.9. The van der Waals surface area contributed by atoms with E-state index in [1.807, 2.05) is 19.1 Å². The second-order valence-corrected chi connectivity index (χ2v) is 6.68. The van der Waals surface area contributed by atoms with Crippen LogP contribution in [0.1, 0.15) is 16.3 Å². The predicted molar refractivity (Wildman–Crippen MR) is 86.2 cm³/mol. The number of thiazole rings is 1. The summed E-state index contributed by atoms with van der Waals surface area (Å²) in [6.07, 6.45) is 0.841. The summed E-state index contributed by atoms with van der Waals surface area (Å²) in [5, 5.41) is 4.78. The fraction of sp³-hybridized carbons (Fsp3) is 0.357. The van der Waals surface area contributed by atoms with Crippen LogP contribution in [0.3, 0.4) is 0 Å². The summed E-state index contributed by atoms with van der Waals surface area (Å²) >= 11 is 8.89. The molecule has 0 atom stereocenters. The summed E-state index contributed by atoms with van der Waals surface area (Å²) in [6.45, 7) is 2.00. The normalized spacial score (nSPS) is 11.8. The summed E-state index contributed by atoms with van der Waals surface area (Å²) in [5.41, 5.74) is 2.07. The summed E-state index contributed by atoms with van der Waals surface area (Å²) < 4.78 is 13.1. The van der Waals surface area contributed by atoms with Crippen molar-refractivity contribution in [3.05, 3.63) is 51.7 Å². The van der Waals surface area contributed by atoms with Crippen molar-refractivity contribution >= 4 is 43.2 Å². The van der Waals surface area contributed by atoms with Crippen LogP contribution in [0.4, 0.5) is 4.39 Å². The van der Waals surface area contributed by atoms with Gasteiger partial charge in [-0.1, -0.05) is 44.0 Å². The number of benzene rings is 1. The summed E-state index contributed by atoms with van der Waals surface area (Å²) in [6, 6.07) is 6.75. The summed E-state index contributed by atoms with van der Waals surface area (Å²) in [4.78, 5) is 4.54. The molecule has 0 amide bonds. The Morgan fingerprint density at radius 1 is 1.21 bits per heavy atom. The van der Waals surface area contributed by atoms with E-state index in [2.05, 4.69) is 42.2 Å². The lowest BCUT2D eigenvalue weighted by atomic mass is 9.81. The molecule has 1 nitrogen and oxygen atoms in total. The van der Waals surface area contributed by atoms with Crippen LogP contribution in [-0.2, 0) is 11.8 Å². The van der Waals surface area contributed by atoms with E-state index in [1.165, 1.54) is 12.1 Å². The first-order chi connectivity index (χ1) is 9.09. The van der Waals surface area contributed by atoms with Crippen molar-refractivity contribution in [1.82, 2.24) is 4.98 Å². The number of aryl methyl sites for hydroxylation is 1. The molecular weight excluding hydrogens is 393 g/mol. The Balaban J connectivity index is 2.33. The van der Waals surface area contributed by atoms with Gasteiger partial charge in [0, 0.05) is 33.6 Å². The number of hydrogen-bond acceptors (Lipinski definition) is 2. The molecule has 0 aliphatic carbocycles. The van der Waals surface area contributed by atoms with Gasteiger partial charge in [0.15, 0.2) is 0 Å². The quantitative estimate of drug-likeness (QED) is 0.646. The van der Waals surface area contributed by atoms with Crippen molar-refractivity contribution in [3.63, 3.8) is 0 Å². The average Bonchev–Trinajstić information content (AvgIpc) is 2.82. The van der Waals surface area contributed by atoms with Crippen LogP contribution in [0.5, 0.6) is 0 Å². The zero-order chi connectivity index (χ0) is 13.9. The molecule has 0 spiro atoms. The van der Waals surface area contributed by atoms with Gasteiger partial charge in [-0.25, -0.2) is 9.37 Å². The van der Waals surface area contributed by atoms with Gasteiger partial charge in [-0.2, -0.15) is 0 Å². The average molecular weight is 407 g/mol. The molecule has 5 heteroatoms. The number of nitrogens with zero attached hydrogens (tertiary/aromatic N) is 1. The van der Waals surface area contributed by atoms with Crippen molar-refractivity contribution < 1.29 is 4.39 Å². The predicted octanol–water partition coefficient (Wildman–Crippen LogP) is 4.86. The van der Waals surface area contributed by atoms with Crippen LogP contribution in [-0.4, -0.2) is 15.6 Å². The number of hydrogen-bond donors (Lipinski definition) is 0. The molecule has 19 heavy (non-hydrogen) atoms. The maximum atomic E-state index is 13.1. The smallest absolute Gasteiger partial charge is 0.123 e. The van der Waals surface area contributed by atoms with Gasteiger partial charge in [-0.15, -0.1) is 11.3 Å². The topological polar surface area (TPSA) is 12.9 Å². The fourth-order valence-electron chi connectivity index (χ4n) is 1.96. The van der Waals surface area contributed by atoms with E-state index in [-0.39, 0.29) is 11.2 Å². The van der Waals surface area contributed by atoms with E-state index in [1.54, 1.807) is 11.3 Å². The Morgan fingerprint density at radius 2 is 1.84 bits per heavy atom. The number of rotatable bonds is 5. The lowest BCUT2D eigenvalue weighted by Gasteiger charge is -2.30. The Kier molecular flexibility index (Phi) is 5.15. The van der Waals surface area contributed by atoms with Crippen LogP contribution < -0.4 is 0 Å². The Bertz CT molecular complexity index is 535. The highest BCUT2D eigenvalue weighted by Gasteiger charge is 2.31. The second kappa shape index (κ2) is 6.46. The van der Waals surface area contributed by atoms with Gasteiger partial charge in [-0.05, 0) is 24.6 Å². The summed E-state index contributed by atoms with van der Waals surface area (Å²) in [7, 11) is 0. The molecule has 0 N–H and O–H groups in total. The van der Waals surface area contributed by atoms with Crippen LogP contribution in [0, 0.1) is 12.7 Å². The third-order valence-corrected chi connectivity index (χ3v) is 6.24. The van der Waals surface area contributed by atoms with Gasteiger partial charge >= 0.3 is 0 Å². The lowest BCUT2D eigenvalue weighted by molar-refractivity contribution is 0.546. The van der Waals surface area contributed by atoms with E-state index in [0.29, 0.717) is 0 Å². The molecule has 0 aliphatic heterocycles. The standard InChI is InChI=1S/C14H14Br2FNS/c1-10-7-19-13(18-10)6-14(8-15,9-16)11-2-4-12(17)5-3-11/h2-5,7H,6,8-9H2,1H3. The molecule has 1 heterocycles. The van der Waals surface area contributed by atoms with Crippen molar-refractivity contribution in [1.29, 1.82) is 0 Å². The van der Waals surface area contributed by atoms with E-state index in [9.17, 15) is 4.39 Å². The van der Waals surface area contributed by atoms with E-state index in [4.69, 9.17) is 0 Å². The van der Waals surface area contributed by atoms with E-state index in [0.717, 1.165) is 33.3 Å². The van der Waals surface area contributed by atoms with Crippen LogP contribution in [0.25, 0.3) is 0 Å². The van der Waals surface area contributed by atoms with Gasteiger partial charge in [0.25, 0.3) is 0 Å². The van der Waals surface area contributed by atoms with Crippen LogP contribution >= 0.6 is 43.2 Å². The Hall–Kier alpha value is -0.260. The Morgan fingerprint density at radius 3 is 2.32 bits per heavy atom. The molecule has 1 aromatic heterocycles. The third-order valence-electron chi connectivity index (χ3n) is 3.12. The second-order valence-electron chi connectivity index (χ2n) is 4.61. The highest BCUT2D eigenvalue weighted by Crippen LogP contribution is 2.33. The maximum absolute atomic E-state index is 13.1. The lowest BCUT2D eigenvalue weighted by Crippen LogP contribution is -2.33. The molecule has 0 bridgehead atoms. The molecule has 0 fully saturated rings. The molecule has 0 unspecified atom stereocenters. The third kappa shape index (κ3) is 3.44. The highest BCUT2D eigenvalue weighted by molar-refractivity contribution is 9.09. The minimum atomic E-state index is -0.202. The Labute approximate surface area is 133 Å². The van der Waals surface area contributed by atoms with Gasteiger partial charge in [-0.3, -0.25) is 0 Å². The van der Waals surface area contributed by atoms with Gasteiger partial charge in [0.2, 0.25) is 0 Å². The van der Waals surface area contributed by atoms with Gasteiger partial charge < -0.3 is 0 Å². The minimum absolute atomic E-state index is 0.0992. The molecular formula is C14H14Br2FNS.